The lowest BCUT2D eigenvalue weighted by Gasteiger charge is -2.33. The molecule has 1 aromatic rings. The molecule has 3 nitrogen and oxygen atoms in total. The van der Waals surface area contributed by atoms with Gasteiger partial charge in [-0.3, -0.25) is 0 Å². The molecule has 0 bridgehead atoms. The minimum absolute atomic E-state index is 0.0988. The van der Waals surface area contributed by atoms with Gasteiger partial charge in [-0.05, 0) is 31.7 Å². The van der Waals surface area contributed by atoms with Gasteiger partial charge >= 0.3 is 6.03 Å². The van der Waals surface area contributed by atoms with Gasteiger partial charge in [-0.15, -0.1) is 18.2 Å². The van der Waals surface area contributed by atoms with Crippen molar-refractivity contribution in [2.45, 2.75) is 57.2 Å². The molecule has 0 N–H and O–H groups in total. The third-order valence-corrected chi connectivity index (χ3v) is 5.30. The van der Waals surface area contributed by atoms with Crippen LogP contribution >= 0.6 is 11.6 Å². The first-order valence-corrected chi connectivity index (χ1v) is 9.42. The molecule has 0 saturated carbocycles. The Kier molecular flexibility index (Phi) is 7.16. The molecule has 1 aliphatic rings. The number of halogens is 1. The van der Waals surface area contributed by atoms with Crippen LogP contribution in [0.2, 0.25) is 0 Å². The number of carbonyl (C=O) groups is 1. The van der Waals surface area contributed by atoms with Crippen molar-refractivity contribution in [1.29, 1.82) is 0 Å². The summed E-state index contributed by atoms with van der Waals surface area (Å²) in [6.07, 6.45) is 7.00. The predicted octanol–water partition coefficient (Wildman–Crippen LogP) is 5.23. The molecule has 132 valence electrons. The van der Waals surface area contributed by atoms with Gasteiger partial charge in [-0.1, -0.05) is 49.2 Å². The summed E-state index contributed by atoms with van der Waals surface area (Å²) in [6.45, 7) is 6.04. The van der Waals surface area contributed by atoms with Gasteiger partial charge in [0.1, 0.15) is 0 Å². The fourth-order valence-electron chi connectivity index (χ4n) is 3.61. The minimum atomic E-state index is 0.0988. The number of urea groups is 1. The zero-order valence-corrected chi connectivity index (χ0v) is 15.6. The molecule has 24 heavy (non-hydrogen) atoms. The molecule has 0 spiro atoms. The summed E-state index contributed by atoms with van der Waals surface area (Å²) in [6, 6.07) is 10.9. The molecule has 2 rings (SSSR count). The van der Waals surface area contributed by atoms with Crippen LogP contribution in [-0.4, -0.2) is 40.8 Å². The zero-order chi connectivity index (χ0) is 17.5. The second kappa shape index (κ2) is 9.12. The Bertz CT molecular complexity index is 534. The van der Waals surface area contributed by atoms with Crippen LogP contribution in [0.15, 0.2) is 43.0 Å². The number of unbranched alkanes of at least 4 members (excludes halogenated alkanes) is 2. The quantitative estimate of drug-likeness (QED) is 0.340. The maximum absolute atomic E-state index is 12.9. The van der Waals surface area contributed by atoms with Crippen LogP contribution in [0.3, 0.4) is 0 Å². The SMILES string of the molecule is C=CC[C@@H](CCCCCCl)N1C(=O)N(C)[C@H](C)[C@@H]1c1ccccc1. The maximum atomic E-state index is 12.9. The van der Waals surface area contributed by atoms with E-state index >= 15 is 0 Å². The number of likely N-dealkylation sites (N-methyl/N-ethyl adjacent to an activating group) is 1. The van der Waals surface area contributed by atoms with Crippen LogP contribution in [0.4, 0.5) is 4.79 Å². The molecular weight excluding hydrogens is 320 g/mol. The van der Waals surface area contributed by atoms with Gasteiger partial charge < -0.3 is 9.80 Å². The Morgan fingerprint density at radius 2 is 1.96 bits per heavy atom. The summed E-state index contributed by atoms with van der Waals surface area (Å²) < 4.78 is 0. The summed E-state index contributed by atoms with van der Waals surface area (Å²) in [5.74, 6) is 0.710. The molecule has 1 aliphatic heterocycles. The highest BCUT2D eigenvalue weighted by molar-refractivity contribution is 6.17. The van der Waals surface area contributed by atoms with Crippen molar-refractivity contribution >= 4 is 17.6 Å². The van der Waals surface area contributed by atoms with Crippen molar-refractivity contribution in [2.75, 3.05) is 12.9 Å². The lowest BCUT2D eigenvalue weighted by molar-refractivity contribution is 0.161. The van der Waals surface area contributed by atoms with E-state index in [1.165, 1.54) is 5.56 Å². The molecule has 0 aromatic heterocycles. The van der Waals surface area contributed by atoms with E-state index in [9.17, 15) is 4.79 Å². The molecule has 3 atom stereocenters. The molecule has 0 aliphatic carbocycles. The molecule has 0 unspecified atom stereocenters. The fraction of sp³-hybridized carbons (Fsp3) is 0.550. The molecule has 0 radical (unpaired) electrons. The number of amides is 2. The molecule has 4 heteroatoms. The van der Waals surface area contributed by atoms with E-state index in [2.05, 4.69) is 30.5 Å². The van der Waals surface area contributed by atoms with Gasteiger partial charge in [0.15, 0.2) is 0 Å². The fourth-order valence-corrected chi connectivity index (χ4v) is 3.80. The normalized spacial score (nSPS) is 22.0. The summed E-state index contributed by atoms with van der Waals surface area (Å²) in [4.78, 5) is 16.9. The second-order valence-corrected chi connectivity index (χ2v) is 6.99. The van der Waals surface area contributed by atoms with Crippen molar-refractivity contribution in [3.63, 3.8) is 0 Å². The Morgan fingerprint density at radius 1 is 1.25 bits per heavy atom. The smallest absolute Gasteiger partial charge is 0.320 e. The number of carbonyl (C=O) groups excluding carboxylic acids is 1. The highest BCUT2D eigenvalue weighted by Gasteiger charge is 2.44. The lowest BCUT2D eigenvalue weighted by atomic mass is 9.96. The first-order chi connectivity index (χ1) is 11.6. The van der Waals surface area contributed by atoms with Crippen molar-refractivity contribution in [1.82, 2.24) is 9.80 Å². The molecule has 1 heterocycles. The van der Waals surface area contributed by atoms with E-state index in [1.54, 1.807) is 0 Å². The Morgan fingerprint density at radius 3 is 2.58 bits per heavy atom. The predicted molar refractivity (Wildman–Crippen MR) is 101 cm³/mol. The van der Waals surface area contributed by atoms with E-state index in [4.69, 9.17) is 11.6 Å². The van der Waals surface area contributed by atoms with Crippen LogP contribution < -0.4 is 0 Å². The van der Waals surface area contributed by atoms with Crippen LogP contribution in [-0.2, 0) is 0 Å². The highest BCUT2D eigenvalue weighted by atomic mass is 35.5. The number of hydrogen-bond acceptors (Lipinski definition) is 1. The average Bonchev–Trinajstić information content (AvgIpc) is 2.82. The monoisotopic (exact) mass is 348 g/mol. The van der Waals surface area contributed by atoms with Gasteiger partial charge in [-0.25, -0.2) is 4.79 Å². The van der Waals surface area contributed by atoms with E-state index in [-0.39, 0.29) is 24.2 Å². The van der Waals surface area contributed by atoms with E-state index in [0.717, 1.165) is 32.1 Å². The Balaban J connectivity index is 2.23. The second-order valence-electron chi connectivity index (χ2n) is 6.61. The molecule has 1 aromatic carbocycles. The molecule has 1 saturated heterocycles. The standard InChI is InChI=1S/C20H29ClN2O/c1-4-11-18(14-9-6-10-15-21)23-19(16(2)22(3)20(23)24)17-12-7-5-8-13-17/h4-5,7-8,12-13,16,18-19H,1,6,9-11,14-15H2,2-3H3/t16-,18+,19-/m1/s1. The number of alkyl halides is 1. The molecule has 2 amide bonds. The summed E-state index contributed by atoms with van der Waals surface area (Å²) >= 11 is 5.78. The average molecular weight is 349 g/mol. The zero-order valence-electron chi connectivity index (χ0n) is 14.8. The first-order valence-electron chi connectivity index (χ1n) is 8.88. The van der Waals surface area contributed by atoms with Crippen LogP contribution in [0.5, 0.6) is 0 Å². The summed E-state index contributed by atoms with van der Waals surface area (Å²) in [7, 11) is 1.90. The van der Waals surface area contributed by atoms with E-state index < -0.39 is 0 Å². The minimum Gasteiger partial charge on any atom is -0.323 e. The van der Waals surface area contributed by atoms with E-state index in [0.29, 0.717) is 5.88 Å². The number of rotatable bonds is 9. The third kappa shape index (κ3) is 4.13. The van der Waals surface area contributed by atoms with Gasteiger partial charge in [0.25, 0.3) is 0 Å². The maximum Gasteiger partial charge on any atom is 0.320 e. The number of hydrogen-bond donors (Lipinski definition) is 0. The van der Waals surface area contributed by atoms with Gasteiger partial charge in [-0.2, -0.15) is 0 Å². The first kappa shape index (κ1) is 18.9. The van der Waals surface area contributed by atoms with Crippen LogP contribution in [0, 0.1) is 0 Å². The van der Waals surface area contributed by atoms with E-state index in [1.807, 2.05) is 36.2 Å². The Hall–Kier alpha value is -1.48. The van der Waals surface area contributed by atoms with Gasteiger partial charge in [0.2, 0.25) is 0 Å². The summed E-state index contributed by atoms with van der Waals surface area (Å²) in [5.41, 5.74) is 1.21. The van der Waals surface area contributed by atoms with Crippen molar-refractivity contribution in [3.8, 4) is 0 Å². The van der Waals surface area contributed by atoms with Crippen LogP contribution in [0.1, 0.15) is 50.6 Å². The molecule has 1 fully saturated rings. The number of benzene rings is 1. The van der Waals surface area contributed by atoms with Crippen molar-refractivity contribution in [3.05, 3.63) is 48.6 Å². The topological polar surface area (TPSA) is 23.6 Å². The summed E-state index contributed by atoms with van der Waals surface area (Å²) in [5, 5.41) is 0. The highest BCUT2D eigenvalue weighted by Crippen LogP contribution is 2.37. The third-order valence-electron chi connectivity index (χ3n) is 5.03. The Labute approximate surface area is 151 Å². The number of nitrogens with zero attached hydrogens (tertiary/aromatic N) is 2. The van der Waals surface area contributed by atoms with Gasteiger partial charge in [0, 0.05) is 19.0 Å². The van der Waals surface area contributed by atoms with Crippen molar-refractivity contribution in [2.24, 2.45) is 0 Å². The molecular formula is C20H29ClN2O. The lowest BCUT2D eigenvalue weighted by Crippen LogP contribution is -2.39. The van der Waals surface area contributed by atoms with Crippen LogP contribution in [0.25, 0.3) is 0 Å². The van der Waals surface area contributed by atoms with Gasteiger partial charge in [0.05, 0.1) is 12.1 Å². The largest absolute Gasteiger partial charge is 0.323 e. The van der Waals surface area contributed by atoms with Crippen molar-refractivity contribution < 1.29 is 4.79 Å².